The first-order valence-corrected chi connectivity index (χ1v) is 6.63. The lowest BCUT2D eigenvalue weighted by Crippen LogP contribution is -2.41. The summed E-state index contributed by atoms with van der Waals surface area (Å²) in [4.78, 5) is 16.0. The Morgan fingerprint density at radius 2 is 2.38 bits per heavy atom. The predicted octanol–water partition coefficient (Wildman–Crippen LogP) is 0.565. The van der Waals surface area contributed by atoms with Gasteiger partial charge in [0.1, 0.15) is 0 Å². The number of benzene rings is 1. The van der Waals surface area contributed by atoms with E-state index in [0.717, 1.165) is 12.0 Å². The molecule has 104 valence electrons. The van der Waals surface area contributed by atoms with Crippen LogP contribution in [0.2, 0.25) is 0 Å². The van der Waals surface area contributed by atoms with Crippen molar-refractivity contribution in [2.45, 2.75) is 6.42 Å². The van der Waals surface area contributed by atoms with Gasteiger partial charge >= 0.3 is 7.12 Å². The Morgan fingerprint density at radius 3 is 3.29 bits per heavy atom. The molecule has 2 N–H and O–H groups in total. The van der Waals surface area contributed by atoms with E-state index in [9.17, 15) is 9.82 Å². The molecule has 2 aliphatic rings. The van der Waals surface area contributed by atoms with Crippen molar-refractivity contribution in [3.8, 4) is 0 Å². The van der Waals surface area contributed by atoms with Crippen LogP contribution >= 0.6 is 0 Å². The molecule has 2 heterocycles. The summed E-state index contributed by atoms with van der Waals surface area (Å²) >= 11 is 0. The number of anilines is 1. The lowest BCUT2D eigenvalue weighted by molar-refractivity contribution is -0.112. The van der Waals surface area contributed by atoms with E-state index in [0.29, 0.717) is 23.3 Å². The maximum absolute atomic E-state index is 12.1. The molecule has 21 heavy (non-hydrogen) atoms. The number of nitrogens with zero attached hydrogens (tertiary/aromatic N) is 1. The van der Waals surface area contributed by atoms with Crippen LogP contribution in [0.5, 0.6) is 0 Å². The van der Waals surface area contributed by atoms with Crippen LogP contribution in [0, 0.1) is 0 Å². The quantitative estimate of drug-likeness (QED) is 0.778. The van der Waals surface area contributed by atoms with Gasteiger partial charge in [0.15, 0.2) is 0 Å². The molecule has 0 spiro atoms. The number of rotatable bonds is 2. The Labute approximate surface area is 122 Å². The topological polar surface area (TPSA) is 70.9 Å². The number of fused-ring (bicyclic) bond motifs is 1. The molecule has 0 aliphatic carbocycles. The largest absolute Gasteiger partial charge is 0.491 e. The van der Waals surface area contributed by atoms with Crippen molar-refractivity contribution in [2.75, 3.05) is 11.9 Å². The minimum Gasteiger partial charge on any atom is -0.423 e. The third-order valence-corrected chi connectivity index (χ3v) is 3.30. The van der Waals surface area contributed by atoms with Gasteiger partial charge in [0.05, 0.1) is 5.57 Å². The minimum atomic E-state index is -0.934. The molecule has 3 rings (SSSR count). The van der Waals surface area contributed by atoms with Crippen LogP contribution in [0.15, 0.2) is 53.2 Å². The fraction of sp³-hybridized carbons (Fsp3) is 0.133. The molecule has 1 aromatic carbocycles. The molecule has 0 unspecified atom stereocenters. The van der Waals surface area contributed by atoms with Gasteiger partial charge in [-0.15, -0.1) is 0 Å². The predicted molar refractivity (Wildman–Crippen MR) is 81.6 cm³/mol. The van der Waals surface area contributed by atoms with E-state index in [-0.39, 0.29) is 5.91 Å². The Hall–Kier alpha value is -2.40. The summed E-state index contributed by atoms with van der Waals surface area (Å²) in [5, 5.41) is 12.6. The zero-order valence-electron chi connectivity index (χ0n) is 11.2. The normalized spacial score (nSPS) is 16.2. The summed E-state index contributed by atoms with van der Waals surface area (Å²) in [6.45, 7) is 0.503. The molecule has 0 aromatic heterocycles. The molecule has 0 fully saturated rings. The van der Waals surface area contributed by atoms with Crippen molar-refractivity contribution in [3.05, 3.63) is 53.8 Å². The smallest absolute Gasteiger partial charge is 0.423 e. The van der Waals surface area contributed by atoms with Gasteiger partial charge in [-0.25, -0.2) is 4.99 Å². The summed E-state index contributed by atoms with van der Waals surface area (Å²) in [7, 11) is -0.934. The number of carbonyl (C=O) groups excluding carboxylic acids is 1. The highest BCUT2D eigenvalue weighted by Gasteiger charge is 2.25. The van der Waals surface area contributed by atoms with E-state index in [1.807, 2.05) is 12.1 Å². The monoisotopic (exact) mass is 280 g/mol. The second-order valence-electron chi connectivity index (χ2n) is 4.71. The summed E-state index contributed by atoms with van der Waals surface area (Å²) in [6.07, 6.45) is 7.20. The number of aliphatic imine (C=N–C) groups is 1. The molecule has 0 saturated heterocycles. The first-order valence-electron chi connectivity index (χ1n) is 6.63. The maximum atomic E-state index is 12.1. The Morgan fingerprint density at radius 1 is 1.48 bits per heavy atom. The fourth-order valence-electron chi connectivity index (χ4n) is 2.23. The summed E-state index contributed by atoms with van der Waals surface area (Å²) in [5.74, 6) is 2.38. The van der Waals surface area contributed by atoms with Crippen LogP contribution in [-0.2, 0) is 15.9 Å². The second-order valence-corrected chi connectivity index (χ2v) is 4.71. The maximum Gasteiger partial charge on any atom is 0.491 e. The van der Waals surface area contributed by atoms with Crippen molar-refractivity contribution in [1.82, 2.24) is 0 Å². The van der Waals surface area contributed by atoms with Gasteiger partial charge in [-0.3, -0.25) is 4.79 Å². The first kappa shape index (κ1) is 13.6. The number of amides is 1. The highest BCUT2D eigenvalue weighted by atomic mass is 16.5. The van der Waals surface area contributed by atoms with Crippen molar-refractivity contribution >= 4 is 30.0 Å². The molecule has 0 atom stereocenters. The van der Waals surface area contributed by atoms with Gasteiger partial charge in [-0.2, -0.15) is 0 Å². The molecular weight excluding hydrogens is 267 g/mol. The van der Waals surface area contributed by atoms with Crippen LogP contribution in [0.4, 0.5) is 5.69 Å². The lowest BCUT2D eigenvalue weighted by atomic mass is 9.73. The van der Waals surface area contributed by atoms with Gasteiger partial charge in [-0.1, -0.05) is 12.1 Å². The van der Waals surface area contributed by atoms with Gasteiger partial charge in [0.25, 0.3) is 5.91 Å². The molecule has 0 bridgehead atoms. The Kier molecular flexibility index (Phi) is 3.84. The van der Waals surface area contributed by atoms with E-state index >= 15 is 0 Å². The first-order chi connectivity index (χ1) is 10.2. The van der Waals surface area contributed by atoms with Crippen molar-refractivity contribution in [3.63, 3.8) is 0 Å². The average molecular weight is 280 g/mol. The zero-order valence-corrected chi connectivity index (χ0v) is 11.2. The van der Waals surface area contributed by atoms with Crippen molar-refractivity contribution < 1.29 is 14.5 Å². The van der Waals surface area contributed by atoms with E-state index < -0.39 is 7.12 Å². The van der Waals surface area contributed by atoms with E-state index in [2.05, 4.69) is 16.2 Å². The summed E-state index contributed by atoms with van der Waals surface area (Å²) in [6, 6.07) is 5.45. The molecule has 1 amide bonds. The number of hydrogen-bond donors (Lipinski definition) is 2. The van der Waals surface area contributed by atoms with Gasteiger partial charge in [0, 0.05) is 18.5 Å². The van der Waals surface area contributed by atoms with Crippen LogP contribution in [0.1, 0.15) is 5.56 Å². The highest BCUT2D eigenvalue weighted by molar-refractivity contribution is 6.61. The molecular formula is C15H13BN2O3. The number of carbonyl (C=O) groups is 1. The third-order valence-electron chi connectivity index (χ3n) is 3.30. The van der Waals surface area contributed by atoms with E-state index in [4.69, 9.17) is 4.65 Å². The molecule has 0 saturated carbocycles. The van der Waals surface area contributed by atoms with Gasteiger partial charge < -0.3 is 15.0 Å². The summed E-state index contributed by atoms with van der Waals surface area (Å²) in [5.41, 5.74) is 2.78. The number of hydrogen-bond acceptors (Lipinski definition) is 4. The standard InChI is InChI=1S/C15H13BN2O3/c19-15(12-3-1-2-7-17-10-12)18-13-5-4-11-6-8-21-16(20)14(11)9-13/h1-5,9-10,20H,6,8H2,(H,18,19). The Balaban J connectivity index is 1.79. The van der Waals surface area contributed by atoms with Crippen molar-refractivity contribution in [2.24, 2.45) is 4.99 Å². The van der Waals surface area contributed by atoms with Crippen LogP contribution < -0.4 is 10.8 Å². The van der Waals surface area contributed by atoms with Crippen molar-refractivity contribution in [1.29, 1.82) is 0 Å². The van der Waals surface area contributed by atoms with Crippen LogP contribution in [0.3, 0.4) is 0 Å². The molecule has 1 aromatic rings. The molecule has 0 radical (unpaired) electrons. The summed E-state index contributed by atoms with van der Waals surface area (Å²) < 4.78 is 5.19. The van der Waals surface area contributed by atoms with E-state index in [1.165, 1.54) is 6.20 Å². The Bertz CT molecular complexity index is 703. The zero-order chi connectivity index (χ0) is 14.7. The average Bonchev–Trinajstić information content (AvgIpc) is 2.77. The third kappa shape index (κ3) is 3.03. The number of nitrogens with one attached hydrogen (secondary N) is 1. The van der Waals surface area contributed by atoms with Crippen LogP contribution in [-0.4, -0.2) is 30.5 Å². The number of allylic oxidation sites excluding steroid dienone is 2. The molecule has 6 heteroatoms. The lowest BCUT2D eigenvalue weighted by Gasteiger charge is -2.19. The second kappa shape index (κ2) is 5.93. The fourth-order valence-corrected chi connectivity index (χ4v) is 2.23. The van der Waals surface area contributed by atoms with Crippen LogP contribution in [0.25, 0.3) is 0 Å². The van der Waals surface area contributed by atoms with Gasteiger partial charge in [-0.05, 0) is 47.6 Å². The molecule has 5 nitrogen and oxygen atoms in total. The van der Waals surface area contributed by atoms with E-state index in [1.54, 1.807) is 24.3 Å². The van der Waals surface area contributed by atoms with Gasteiger partial charge in [0.2, 0.25) is 0 Å². The highest BCUT2D eigenvalue weighted by Crippen LogP contribution is 2.14. The minimum absolute atomic E-state index is 0.265. The SMILES string of the molecule is O=C(Nc1ccc2c(c1)B(O)OCC2)C1=CN=C=CC=C1. The molecule has 2 aliphatic heterocycles.